The molecule has 0 radical (unpaired) electrons. The van der Waals surface area contributed by atoms with Crippen LogP contribution < -0.4 is 10.6 Å². The second-order valence-corrected chi connectivity index (χ2v) is 6.25. The molecule has 1 rings (SSSR count). The number of nitrogens with one attached hydrogen (secondary N) is 2. The van der Waals surface area contributed by atoms with Crippen molar-refractivity contribution in [2.75, 3.05) is 13.7 Å². The lowest BCUT2D eigenvalue weighted by Gasteiger charge is -2.17. The molecule has 150 valence electrons. The third-order valence-corrected chi connectivity index (χ3v) is 4.00. The Hall–Kier alpha value is -2.57. The highest BCUT2D eigenvalue weighted by Gasteiger charge is 2.22. The van der Waals surface area contributed by atoms with Gasteiger partial charge in [-0.2, -0.15) is 0 Å². The van der Waals surface area contributed by atoms with E-state index in [1.165, 1.54) is 13.5 Å². The van der Waals surface area contributed by atoms with Gasteiger partial charge in [0.1, 0.15) is 12.6 Å². The minimum Gasteiger partial charge on any atom is -0.467 e. The number of amides is 2. The van der Waals surface area contributed by atoms with Gasteiger partial charge in [-0.3, -0.25) is 4.79 Å². The molecule has 1 unspecified atom stereocenters. The van der Waals surface area contributed by atoms with Crippen LogP contribution in [0.5, 0.6) is 0 Å². The molecule has 7 heteroatoms. The summed E-state index contributed by atoms with van der Waals surface area (Å²) in [6, 6.07) is 8.19. The van der Waals surface area contributed by atoms with Gasteiger partial charge in [0.05, 0.1) is 7.11 Å². The van der Waals surface area contributed by atoms with Crippen LogP contribution in [0, 0.1) is 0 Å². The molecule has 0 fully saturated rings. The van der Waals surface area contributed by atoms with Crippen LogP contribution in [0.15, 0.2) is 30.3 Å². The summed E-state index contributed by atoms with van der Waals surface area (Å²) in [6.07, 6.45) is 4.90. The van der Waals surface area contributed by atoms with Crippen LogP contribution in [0.3, 0.4) is 0 Å². The minimum absolute atomic E-state index is 0.0408. The molecule has 0 aliphatic rings. The summed E-state index contributed by atoms with van der Waals surface area (Å²) in [5.74, 6) is -0.797. The molecule has 0 aromatic heterocycles. The first-order valence-electron chi connectivity index (χ1n) is 9.38. The maximum atomic E-state index is 11.9. The van der Waals surface area contributed by atoms with Gasteiger partial charge in [0.25, 0.3) is 0 Å². The Balaban J connectivity index is 2.36. The van der Waals surface area contributed by atoms with Crippen molar-refractivity contribution in [1.82, 2.24) is 10.6 Å². The zero-order valence-electron chi connectivity index (χ0n) is 16.2. The minimum atomic E-state index is -0.998. The molecule has 7 nitrogen and oxygen atoms in total. The van der Waals surface area contributed by atoms with Crippen molar-refractivity contribution in [2.24, 2.45) is 0 Å². The van der Waals surface area contributed by atoms with Gasteiger partial charge < -0.3 is 20.1 Å². The summed E-state index contributed by atoms with van der Waals surface area (Å²) in [6.45, 7) is 2.18. The topological polar surface area (TPSA) is 93.7 Å². The quantitative estimate of drug-likeness (QED) is 0.431. The zero-order chi connectivity index (χ0) is 19.9. The first kappa shape index (κ1) is 22.5. The maximum absolute atomic E-state index is 11.9. The number of carbonyl (C=O) groups excluding carboxylic acids is 3. The number of unbranched alkanes of at least 4 members (excludes halogenated alkanes) is 4. The lowest BCUT2D eigenvalue weighted by atomic mass is 10.1. The van der Waals surface area contributed by atoms with E-state index in [2.05, 4.69) is 22.3 Å². The Morgan fingerprint density at radius 1 is 1.04 bits per heavy atom. The normalized spacial score (nSPS) is 11.3. The van der Waals surface area contributed by atoms with Crippen LogP contribution in [-0.4, -0.2) is 37.7 Å². The van der Waals surface area contributed by atoms with E-state index in [9.17, 15) is 14.4 Å². The van der Waals surface area contributed by atoms with E-state index in [1.54, 1.807) is 0 Å². The van der Waals surface area contributed by atoms with E-state index in [1.807, 2.05) is 30.3 Å². The van der Waals surface area contributed by atoms with Crippen LogP contribution in [0.2, 0.25) is 0 Å². The highest BCUT2D eigenvalue weighted by atomic mass is 16.6. The van der Waals surface area contributed by atoms with Gasteiger partial charge in [0, 0.05) is 13.0 Å². The third kappa shape index (κ3) is 10.2. The Kier molecular flexibility index (Phi) is 11.3. The van der Waals surface area contributed by atoms with Crippen molar-refractivity contribution in [1.29, 1.82) is 0 Å². The molecule has 0 aliphatic carbocycles. The molecule has 1 aromatic rings. The number of carbonyl (C=O) groups is 3. The van der Waals surface area contributed by atoms with Crippen LogP contribution >= 0.6 is 0 Å². The zero-order valence-corrected chi connectivity index (χ0v) is 16.2. The Labute approximate surface area is 160 Å². The highest BCUT2D eigenvalue weighted by Crippen LogP contribution is 2.05. The first-order valence-corrected chi connectivity index (χ1v) is 9.38. The van der Waals surface area contributed by atoms with Crippen molar-refractivity contribution in [2.45, 2.75) is 58.1 Å². The van der Waals surface area contributed by atoms with E-state index >= 15 is 0 Å². The number of alkyl carbamates (subject to hydrolysis) is 1. The Morgan fingerprint density at radius 3 is 2.41 bits per heavy atom. The molecule has 1 aromatic carbocycles. The smallest absolute Gasteiger partial charge is 0.408 e. The molecular formula is C20H30N2O5. The van der Waals surface area contributed by atoms with Gasteiger partial charge in [-0.1, -0.05) is 62.9 Å². The average molecular weight is 378 g/mol. The molecule has 0 heterocycles. The number of ether oxygens (including phenoxy) is 2. The predicted octanol–water partition coefficient (Wildman–Crippen LogP) is 2.93. The summed E-state index contributed by atoms with van der Waals surface area (Å²) in [4.78, 5) is 35.6. The molecule has 0 saturated carbocycles. The van der Waals surface area contributed by atoms with Crippen molar-refractivity contribution < 1.29 is 23.9 Å². The van der Waals surface area contributed by atoms with E-state index in [0.717, 1.165) is 31.2 Å². The fourth-order valence-electron chi connectivity index (χ4n) is 2.44. The summed E-state index contributed by atoms with van der Waals surface area (Å²) in [5.41, 5.74) is 0.832. The lowest BCUT2D eigenvalue weighted by molar-refractivity contribution is -0.143. The number of esters is 1. The van der Waals surface area contributed by atoms with Crippen LogP contribution in [0.25, 0.3) is 0 Å². The number of benzene rings is 1. The van der Waals surface area contributed by atoms with Crippen molar-refractivity contribution in [3.05, 3.63) is 35.9 Å². The number of methoxy groups -OCH3 is 1. The average Bonchev–Trinajstić information content (AvgIpc) is 2.69. The molecule has 0 bridgehead atoms. The molecule has 27 heavy (non-hydrogen) atoms. The Morgan fingerprint density at radius 2 is 1.74 bits per heavy atom. The maximum Gasteiger partial charge on any atom is 0.408 e. The SMILES string of the molecule is CCCCCCCC(=O)NCC(NC(=O)OCc1ccccc1)C(=O)OC. The second kappa shape index (κ2) is 13.6. The van der Waals surface area contributed by atoms with Gasteiger partial charge in [-0.15, -0.1) is 0 Å². The molecule has 0 saturated heterocycles. The summed E-state index contributed by atoms with van der Waals surface area (Å²) < 4.78 is 9.77. The lowest BCUT2D eigenvalue weighted by Crippen LogP contribution is -2.49. The van der Waals surface area contributed by atoms with Gasteiger partial charge in [-0.05, 0) is 12.0 Å². The van der Waals surface area contributed by atoms with E-state index in [-0.39, 0.29) is 19.1 Å². The number of rotatable bonds is 12. The van der Waals surface area contributed by atoms with Gasteiger partial charge in [0.15, 0.2) is 0 Å². The summed E-state index contributed by atoms with van der Waals surface area (Å²) in [5, 5.41) is 5.08. The predicted molar refractivity (Wildman–Crippen MR) is 102 cm³/mol. The molecular weight excluding hydrogens is 348 g/mol. The molecule has 2 amide bonds. The fourth-order valence-corrected chi connectivity index (χ4v) is 2.44. The largest absolute Gasteiger partial charge is 0.467 e. The van der Waals surface area contributed by atoms with E-state index in [0.29, 0.717) is 6.42 Å². The number of hydrogen-bond donors (Lipinski definition) is 2. The van der Waals surface area contributed by atoms with Gasteiger partial charge in [0.2, 0.25) is 5.91 Å². The monoisotopic (exact) mass is 378 g/mol. The molecule has 1 atom stereocenters. The standard InChI is InChI=1S/C20H30N2O5/c1-3-4-5-6-10-13-18(23)21-14-17(19(24)26-2)22-20(25)27-15-16-11-8-7-9-12-16/h7-9,11-12,17H,3-6,10,13-15H2,1-2H3,(H,21,23)(H,22,25). The summed E-state index contributed by atoms with van der Waals surface area (Å²) in [7, 11) is 1.22. The van der Waals surface area contributed by atoms with E-state index in [4.69, 9.17) is 4.74 Å². The van der Waals surface area contributed by atoms with Gasteiger partial charge in [-0.25, -0.2) is 9.59 Å². The van der Waals surface area contributed by atoms with Crippen molar-refractivity contribution >= 4 is 18.0 Å². The van der Waals surface area contributed by atoms with Crippen molar-refractivity contribution in [3.63, 3.8) is 0 Å². The van der Waals surface area contributed by atoms with E-state index < -0.39 is 18.1 Å². The van der Waals surface area contributed by atoms with Crippen LogP contribution in [0.1, 0.15) is 51.0 Å². The third-order valence-electron chi connectivity index (χ3n) is 4.00. The highest BCUT2D eigenvalue weighted by molar-refractivity contribution is 5.83. The summed E-state index contributed by atoms with van der Waals surface area (Å²) >= 11 is 0. The molecule has 0 spiro atoms. The van der Waals surface area contributed by atoms with Gasteiger partial charge >= 0.3 is 12.1 Å². The van der Waals surface area contributed by atoms with Crippen LogP contribution in [0.4, 0.5) is 4.79 Å². The Bertz CT molecular complexity index is 577. The van der Waals surface area contributed by atoms with Crippen molar-refractivity contribution in [3.8, 4) is 0 Å². The molecule has 0 aliphatic heterocycles. The molecule has 2 N–H and O–H groups in total. The second-order valence-electron chi connectivity index (χ2n) is 6.25. The first-order chi connectivity index (χ1) is 13.1. The van der Waals surface area contributed by atoms with Crippen LogP contribution in [-0.2, 0) is 25.7 Å². The number of hydrogen-bond acceptors (Lipinski definition) is 5. The fraction of sp³-hybridized carbons (Fsp3) is 0.550.